The van der Waals surface area contributed by atoms with Crippen molar-refractivity contribution < 1.29 is 4.42 Å². The van der Waals surface area contributed by atoms with Crippen molar-refractivity contribution in [2.45, 2.75) is 12.8 Å². The molecule has 64 heavy (non-hydrogen) atoms. The van der Waals surface area contributed by atoms with Gasteiger partial charge in [-0.2, -0.15) is 0 Å². The molecular weight excluding hydrogens is 775 g/mol. The zero-order chi connectivity index (χ0) is 42.1. The molecule has 0 spiro atoms. The minimum atomic E-state index is 0.910. The van der Waals surface area contributed by atoms with Crippen molar-refractivity contribution in [1.29, 1.82) is 0 Å². The van der Waals surface area contributed by atoms with E-state index in [4.69, 9.17) is 4.42 Å². The highest BCUT2D eigenvalue weighted by atomic mass is 16.3. The van der Waals surface area contributed by atoms with Gasteiger partial charge in [0.15, 0.2) is 0 Å². The quantitative estimate of drug-likeness (QED) is 0.153. The Hall–Kier alpha value is -8.20. The second-order valence-corrected chi connectivity index (χ2v) is 17.0. The van der Waals surface area contributed by atoms with Crippen LogP contribution in [-0.4, -0.2) is 4.57 Å². The molecule has 0 atom stereocenters. The van der Waals surface area contributed by atoms with E-state index in [1.54, 1.807) is 0 Å². The standard InChI is InChI=1S/C62H41NO/c1-3-18-40(19-4-1)44-22-7-9-26-49(44)60-51-28-11-12-29-52(51)61(50-27-10-8-23-45(50)41-20-5-2-6-21-41)56-39-43(35-36-53(56)60)63-57-32-15-13-24-47(57)55-38-42(34-37-58(55)63)46-30-17-31-54-48-25-14-16-33-59(48)64-62(46)54/h1-3,5-18,20-39H,4,19H2. The van der Waals surface area contributed by atoms with Crippen molar-refractivity contribution in [2.24, 2.45) is 0 Å². The van der Waals surface area contributed by atoms with Gasteiger partial charge in [-0.3, -0.25) is 0 Å². The minimum absolute atomic E-state index is 0.910. The zero-order valence-electron chi connectivity index (χ0n) is 35.1. The van der Waals surface area contributed by atoms with Crippen LogP contribution in [0.1, 0.15) is 18.4 Å². The molecule has 0 saturated carbocycles. The predicted molar refractivity (Wildman–Crippen MR) is 271 cm³/mol. The maximum absolute atomic E-state index is 6.54. The van der Waals surface area contributed by atoms with Gasteiger partial charge in [-0.1, -0.05) is 188 Å². The van der Waals surface area contributed by atoms with Crippen molar-refractivity contribution in [3.63, 3.8) is 0 Å². The normalized spacial score (nSPS) is 12.9. The molecule has 1 aliphatic carbocycles. The Balaban J connectivity index is 1.10. The average molecular weight is 816 g/mol. The first-order chi connectivity index (χ1) is 31.8. The van der Waals surface area contributed by atoms with Crippen LogP contribution in [0.4, 0.5) is 0 Å². The first-order valence-electron chi connectivity index (χ1n) is 22.3. The summed E-state index contributed by atoms with van der Waals surface area (Å²) in [6, 6.07) is 75.7. The SMILES string of the molecule is C1=CCCC(c2ccccc2-c2c3ccccc3c(-c3ccccc3-c3ccccc3)c3cc(-n4c5ccccc5c5cc(-c6cccc7c6oc6ccccc67)ccc54)ccc23)=C1. The van der Waals surface area contributed by atoms with Crippen molar-refractivity contribution in [1.82, 2.24) is 4.57 Å². The van der Waals surface area contributed by atoms with Crippen LogP contribution in [0.2, 0.25) is 0 Å². The highest BCUT2D eigenvalue weighted by Crippen LogP contribution is 2.49. The molecule has 0 aliphatic heterocycles. The van der Waals surface area contributed by atoms with Crippen LogP contribution in [-0.2, 0) is 0 Å². The molecule has 0 amide bonds. The lowest BCUT2D eigenvalue weighted by molar-refractivity contribution is 0.670. The number of aromatic nitrogens is 1. The van der Waals surface area contributed by atoms with Crippen LogP contribution in [0, 0.1) is 0 Å². The van der Waals surface area contributed by atoms with E-state index in [9.17, 15) is 0 Å². The Morgan fingerprint density at radius 1 is 0.375 bits per heavy atom. The Kier molecular flexibility index (Phi) is 8.39. The molecule has 0 saturated heterocycles. The molecule has 10 aromatic carbocycles. The van der Waals surface area contributed by atoms with Crippen molar-refractivity contribution in [3.05, 3.63) is 230 Å². The maximum Gasteiger partial charge on any atom is 0.143 e. The molecule has 2 heteroatoms. The molecule has 300 valence electrons. The topological polar surface area (TPSA) is 18.1 Å². The fraction of sp³-hybridized carbons (Fsp3) is 0.0323. The summed E-state index contributed by atoms with van der Waals surface area (Å²) in [4.78, 5) is 0. The molecule has 2 aromatic heterocycles. The number of benzene rings is 10. The fourth-order valence-corrected chi connectivity index (χ4v) is 10.7. The van der Waals surface area contributed by atoms with Crippen LogP contribution < -0.4 is 0 Å². The number of nitrogens with zero attached hydrogens (tertiary/aromatic N) is 1. The minimum Gasteiger partial charge on any atom is -0.455 e. The van der Waals surface area contributed by atoms with E-state index in [1.165, 1.54) is 82.4 Å². The summed E-state index contributed by atoms with van der Waals surface area (Å²) in [5.41, 5.74) is 17.6. The summed E-state index contributed by atoms with van der Waals surface area (Å²) < 4.78 is 9.00. The van der Waals surface area contributed by atoms with Gasteiger partial charge in [-0.25, -0.2) is 0 Å². The number of furan rings is 1. The van der Waals surface area contributed by atoms with Gasteiger partial charge < -0.3 is 8.98 Å². The largest absolute Gasteiger partial charge is 0.455 e. The Morgan fingerprint density at radius 2 is 0.984 bits per heavy atom. The van der Waals surface area contributed by atoms with E-state index in [0.29, 0.717) is 0 Å². The molecule has 0 fully saturated rings. The number of hydrogen-bond acceptors (Lipinski definition) is 1. The number of rotatable bonds is 6. The summed E-state index contributed by atoms with van der Waals surface area (Å²) >= 11 is 0. The lowest BCUT2D eigenvalue weighted by Crippen LogP contribution is -1.98. The Morgan fingerprint density at radius 3 is 1.78 bits per heavy atom. The van der Waals surface area contributed by atoms with E-state index >= 15 is 0 Å². The molecule has 12 aromatic rings. The molecule has 0 bridgehead atoms. The van der Waals surface area contributed by atoms with Gasteiger partial charge in [0, 0.05) is 32.8 Å². The number of fused-ring (bicyclic) bond motifs is 8. The number of hydrogen-bond donors (Lipinski definition) is 0. The highest BCUT2D eigenvalue weighted by Gasteiger charge is 2.23. The fourth-order valence-electron chi connectivity index (χ4n) is 10.7. The van der Waals surface area contributed by atoms with Crippen LogP contribution in [0.5, 0.6) is 0 Å². The second-order valence-electron chi connectivity index (χ2n) is 17.0. The van der Waals surface area contributed by atoms with Crippen LogP contribution >= 0.6 is 0 Å². The van der Waals surface area contributed by atoms with Crippen molar-refractivity contribution >= 4 is 70.9 Å². The number of allylic oxidation sites excluding steroid dienone is 4. The first-order valence-corrected chi connectivity index (χ1v) is 22.3. The summed E-state index contributed by atoms with van der Waals surface area (Å²) in [7, 11) is 0. The van der Waals surface area contributed by atoms with Gasteiger partial charge in [0.1, 0.15) is 11.2 Å². The first kappa shape index (κ1) is 36.5. The molecule has 0 unspecified atom stereocenters. The summed E-state index contributed by atoms with van der Waals surface area (Å²) in [6.07, 6.45) is 8.87. The zero-order valence-corrected chi connectivity index (χ0v) is 35.1. The van der Waals surface area contributed by atoms with Crippen molar-refractivity contribution in [2.75, 3.05) is 0 Å². The molecule has 2 nitrogen and oxygen atoms in total. The van der Waals surface area contributed by atoms with Gasteiger partial charge in [0.05, 0.1) is 11.0 Å². The average Bonchev–Trinajstić information content (AvgIpc) is 3.92. The van der Waals surface area contributed by atoms with Gasteiger partial charge in [-0.05, 0) is 121 Å². The Bertz CT molecular complexity index is 3890. The van der Waals surface area contributed by atoms with E-state index in [0.717, 1.165) is 57.1 Å². The maximum atomic E-state index is 6.54. The van der Waals surface area contributed by atoms with Crippen molar-refractivity contribution in [3.8, 4) is 50.2 Å². The smallest absolute Gasteiger partial charge is 0.143 e. The molecule has 0 N–H and O–H groups in total. The third kappa shape index (κ3) is 5.66. The van der Waals surface area contributed by atoms with Gasteiger partial charge in [0.25, 0.3) is 0 Å². The second kappa shape index (κ2) is 14.7. The predicted octanol–water partition coefficient (Wildman–Crippen LogP) is 17.4. The van der Waals surface area contributed by atoms with E-state index in [-0.39, 0.29) is 0 Å². The van der Waals surface area contributed by atoms with Crippen LogP contribution in [0.15, 0.2) is 229 Å². The molecule has 0 radical (unpaired) electrons. The Labute approximate surface area is 371 Å². The van der Waals surface area contributed by atoms with Gasteiger partial charge >= 0.3 is 0 Å². The monoisotopic (exact) mass is 815 g/mol. The molecule has 13 rings (SSSR count). The third-order valence-electron chi connectivity index (χ3n) is 13.5. The molecular formula is C62H41NO. The molecule has 1 aliphatic rings. The van der Waals surface area contributed by atoms with Crippen LogP contribution in [0.3, 0.4) is 0 Å². The summed E-state index contributed by atoms with van der Waals surface area (Å²) in [6.45, 7) is 0. The summed E-state index contributed by atoms with van der Waals surface area (Å²) in [5, 5.41) is 9.66. The van der Waals surface area contributed by atoms with E-state index in [2.05, 4.69) is 223 Å². The third-order valence-corrected chi connectivity index (χ3v) is 13.5. The summed E-state index contributed by atoms with van der Waals surface area (Å²) in [5.74, 6) is 0. The van der Waals surface area contributed by atoms with Crippen LogP contribution in [0.25, 0.3) is 121 Å². The lowest BCUT2D eigenvalue weighted by atomic mass is 9.81. The van der Waals surface area contributed by atoms with Gasteiger partial charge in [0.2, 0.25) is 0 Å². The highest BCUT2D eigenvalue weighted by molar-refractivity contribution is 6.24. The van der Waals surface area contributed by atoms with E-state index < -0.39 is 0 Å². The van der Waals surface area contributed by atoms with Gasteiger partial charge in [-0.15, -0.1) is 0 Å². The number of para-hydroxylation sites is 3. The van der Waals surface area contributed by atoms with E-state index in [1.807, 2.05) is 6.07 Å². The lowest BCUT2D eigenvalue weighted by Gasteiger charge is -2.22. The molecule has 2 heterocycles.